The van der Waals surface area contributed by atoms with Crippen molar-refractivity contribution in [3.05, 3.63) is 45.3 Å². The van der Waals surface area contributed by atoms with Gasteiger partial charge in [0.2, 0.25) is 10.9 Å². The lowest BCUT2D eigenvalue weighted by atomic mass is 10.1. The minimum Gasteiger partial charge on any atom is -0.326 e. The molecule has 31 heavy (non-hydrogen) atoms. The first-order valence-corrected chi connectivity index (χ1v) is 12.6. The van der Waals surface area contributed by atoms with E-state index in [2.05, 4.69) is 34.2 Å². The van der Waals surface area contributed by atoms with Crippen LogP contribution in [0.1, 0.15) is 38.4 Å². The third-order valence-corrected chi connectivity index (χ3v) is 7.55. The van der Waals surface area contributed by atoms with E-state index >= 15 is 0 Å². The van der Waals surface area contributed by atoms with Crippen molar-refractivity contribution >= 4 is 61.2 Å². The Kier molecular flexibility index (Phi) is 6.40. The molecule has 0 aliphatic carbocycles. The zero-order chi connectivity index (χ0) is 22.1. The van der Waals surface area contributed by atoms with Crippen LogP contribution >= 0.6 is 34.4 Å². The lowest BCUT2D eigenvalue weighted by Crippen LogP contribution is -2.17. The summed E-state index contributed by atoms with van der Waals surface area (Å²) in [6.45, 7) is 7.99. The average molecular weight is 474 g/mol. The van der Waals surface area contributed by atoms with E-state index in [9.17, 15) is 9.59 Å². The Balaban J connectivity index is 1.50. The number of benzene rings is 1. The molecule has 1 aromatic carbocycles. The number of carbonyl (C=O) groups excluding carboxylic acids is 1. The van der Waals surface area contributed by atoms with Crippen LogP contribution in [0.2, 0.25) is 0 Å². The molecule has 1 amide bonds. The maximum atomic E-state index is 12.4. The molecule has 0 aliphatic heterocycles. The molecule has 10 heteroatoms. The second-order valence-corrected chi connectivity index (χ2v) is 11.3. The van der Waals surface area contributed by atoms with E-state index in [1.807, 2.05) is 32.0 Å². The SMILES string of the molecule is CC(C)Cc1nn2c(=O)cc(CSc3nc4ccc(NC(=O)C(C)C)cc4s3)nc2s1. The summed E-state index contributed by atoms with van der Waals surface area (Å²) in [4.78, 5) is 34.3. The number of hydrogen-bond acceptors (Lipinski definition) is 8. The molecule has 162 valence electrons. The largest absolute Gasteiger partial charge is 0.326 e. The molecule has 4 rings (SSSR count). The monoisotopic (exact) mass is 473 g/mol. The summed E-state index contributed by atoms with van der Waals surface area (Å²) >= 11 is 4.59. The smallest absolute Gasteiger partial charge is 0.275 e. The highest BCUT2D eigenvalue weighted by Crippen LogP contribution is 2.32. The maximum Gasteiger partial charge on any atom is 0.275 e. The normalized spacial score (nSPS) is 11.8. The van der Waals surface area contributed by atoms with E-state index in [0.717, 1.165) is 37.4 Å². The lowest BCUT2D eigenvalue weighted by molar-refractivity contribution is -0.118. The Morgan fingerprint density at radius 2 is 1.97 bits per heavy atom. The maximum absolute atomic E-state index is 12.4. The number of thioether (sulfide) groups is 1. The molecule has 3 aromatic heterocycles. The van der Waals surface area contributed by atoms with Crippen molar-refractivity contribution < 1.29 is 4.79 Å². The zero-order valence-electron chi connectivity index (χ0n) is 17.7. The van der Waals surface area contributed by atoms with Crippen molar-refractivity contribution in [3.63, 3.8) is 0 Å². The molecule has 0 saturated heterocycles. The van der Waals surface area contributed by atoms with E-state index < -0.39 is 0 Å². The zero-order valence-corrected chi connectivity index (χ0v) is 20.2. The molecule has 0 bridgehead atoms. The number of hydrogen-bond donors (Lipinski definition) is 1. The second-order valence-electron chi connectivity index (χ2n) is 7.97. The summed E-state index contributed by atoms with van der Waals surface area (Å²) in [7, 11) is 0. The van der Waals surface area contributed by atoms with Crippen molar-refractivity contribution in [1.29, 1.82) is 0 Å². The van der Waals surface area contributed by atoms with Crippen LogP contribution in [0.15, 0.2) is 33.4 Å². The quantitative estimate of drug-likeness (QED) is 0.386. The van der Waals surface area contributed by atoms with Gasteiger partial charge in [0.05, 0.1) is 15.9 Å². The van der Waals surface area contributed by atoms with Crippen LogP contribution in [-0.4, -0.2) is 25.5 Å². The molecule has 3 heterocycles. The minimum absolute atomic E-state index is 0.00849. The summed E-state index contributed by atoms with van der Waals surface area (Å²) in [5, 5.41) is 8.24. The molecule has 7 nitrogen and oxygen atoms in total. The summed E-state index contributed by atoms with van der Waals surface area (Å²) in [5.41, 5.74) is 2.23. The first-order valence-electron chi connectivity index (χ1n) is 10.0. The summed E-state index contributed by atoms with van der Waals surface area (Å²) in [5.74, 6) is 0.951. The Morgan fingerprint density at radius 3 is 2.71 bits per heavy atom. The molecule has 4 aromatic rings. The summed E-state index contributed by atoms with van der Waals surface area (Å²) < 4.78 is 3.30. The van der Waals surface area contributed by atoms with Gasteiger partial charge in [-0.1, -0.05) is 50.8 Å². The lowest BCUT2D eigenvalue weighted by Gasteiger charge is -2.06. The van der Waals surface area contributed by atoms with Gasteiger partial charge >= 0.3 is 0 Å². The van der Waals surface area contributed by atoms with Crippen LogP contribution in [0.4, 0.5) is 5.69 Å². The van der Waals surface area contributed by atoms with Crippen molar-refractivity contribution in [3.8, 4) is 0 Å². The first-order chi connectivity index (χ1) is 14.8. The van der Waals surface area contributed by atoms with E-state index in [0.29, 0.717) is 16.6 Å². The molecule has 0 saturated carbocycles. The van der Waals surface area contributed by atoms with Gasteiger partial charge in [-0.05, 0) is 24.1 Å². The Morgan fingerprint density at radius 1 is 1.16 bits per heavy atom. The molecular weight excluding hydrogens is 450 g/mol. The molecule has 0 fully saturated rings. The number of aromatic nitrogens is 4. The molecule has 1 N–H and O–H groups in total. The number of anilines is 1. The standard InChI is InChI=1S/C21H23N5O2S3/c1-11(2)7-17-25-26-18(27)9-14(23-20(26)31-17)10-29-21-24-15-6-5-13(8-16(15)30-21)22-19(28)12(3)4/h5-6,8-9,11-12H,7,10H2,1-4H3,(H,22,28). The highest BCUT2D eigenvalue weighted by molar-refractivity contribution is 8.00. The summed E-state index contributed by atoms with van der Waals surface area (Å²) in [6, 6.07) is 7.27. The number of amides is 1. The molecule has 0 radical (unpaired) electrons. The van der Waals surface area contributed by atoms with Gasteiger partial charge in [0.1, 0.15) is 5.01 Å². The van der Waals surface area contributed by atoms with Crippen LogP contribution in [0.5, 0.6) is 0 Å². The van der Waals surface area contributed by atoms with Gasteiger partial charge < -0.3 is 5.32 Å². The van der Waals surface area contributed by atoms with Gasteiger partial charge in [-0.15, -0.1) is 11.3 Å². The third kappa shape index (κ3) is 5.13. The van der Waals surface area contributed by atoms with Gasteiger partial charge in [0.25, 0.3) is 5.56 Å². The van der Waals surface area contributed by atoms with E-state index in [-0.39, 0.29) is 17.4 Å². The van der Waals surface area contributed by atoms with Gasteiger partial charge in [0.15, 0.2) is 4.34 Å². The molecule has 0 atom stereocenters. The number of rotatable bonds is 7. The fraction of sp³-hybridized carbons (Fsp3) is 0.381. The van der Waals surface area contributed by atoms with Crippen LogP contribution in [-0.2, 0) is 17.0 Å². The van der Waals surface area contributed by atoms with Crippen LogP contribution < -0.4 is 10.9 Å². The van der Waals surface area contributed by atoms with Gasteiger partial charge in [-0.3, -0.25) is 9.59 Å². The third-order valence-electron chi connectivity index (χ3n) is 4.43. The van der Waals surface area contributed by atoms with E-state index in [4.69, 9.17) is 0 Å². The van der Waals surface area contributed by atoms with Crippen LogP contribution in [0, 0.1) is 11.8 Å². The topological polar surface area (TPSA) is 89.3 Å². The summed E-state index contributed by atoms with van der Waals surface area (Å²) in [6.07, 6.45) is 0.836. The fourth-order valence-electron chi connectivity index (χ4n) is 2.87. The highest BCUT2D eigenvalue weighted by Gasteiger charge is 2.13. The number of carbonyl (C=O) groups is 1. The Labute approximate surface area is 191 Å². The van der Waals surface area contributed by atoms with Gasteiger partial charge in [0, 0.05) is 29.8 Å². The van der Waals surface area contributed by atoms with Gasteiger partial charge in [-0.2, -0.15) is 9.61 Å². The van der Waals surface area contributed by atoms with E-state index in [1.54, 1.807) is 29.2 Å². The predicted octanol–water partition coefficient (Wildman–Crippen LogP) is 4.85. The number of nitrogens with zero attached hydrogens (tertiary/aromatic N) is 4. The van der Waals surface area contributed by atoms with Crippen LogP contribution in [0.25, 0.3) is 15.2 Å². The van der Waals surface area contributed by atoms with Crippen molar-refractivity contribution in [2.24, 2.45) is 11.8 Å². The average Bonchev–Trinajstić information content (AvgIpc) is 3.28. The molecule has 0 aliphatic rings. The number of nitrogens with one attached hydrogen (secondary N) is 1. The van der Waals surface area contributed by atoms with E-state index in [1.165, 1.54) is 15.9 Å². The minimum atomic E-state index is -0.151. The Hall–Kier alpha value is -2.30. The second kappa shape index (κ2) is 9.05. The van der Waals surface area contributed by atoms with Gasteiger partial charge in [-0.25, -0.2) is 9.97 Å². The molecular formula is C21H23N5O2S3. The molecule has 0 unspecified atom stereocenters. The number of fused-ring (bicyclic) bond motifs is 2. The van der Waals surface area contributed by atoms with Crippen molar-refractivity contribution in [1.82, 2.24) is 19.6 Å². The van der Waals surface area contributed by atoms with Crippen LogP contribution in [0.3, 0.4) is 0 Å². The number of thiazole rings is 1. The highest BCUT2D eigenvalue weighted by atomic mass is 32.2. The molecule has 0 spiro atoms. The first kappa shape index (κ1) is 21.9. The van der Waals surface area contributed by atoms with Crippen molar-refractivity contribution in [2.75, 3.05) is 5.32 Å². The Bertz CT molecular complexity index is 1310. The van der Waals surface area contributed by atoms with Crippen molar-refractivity contribution in [2.45, 2.75) is 44.2 Å². The predicted molar refractivity (Wildman–Crippen MR) is 128 cm³/mol. The fourth-order valence-corrected chi connectivity index (χ4v) is 6.00.